The van der Waals surface area contributed by atoms with E-state index in [4.69, 9.17) is 16.9 Å². The number of nitrogens with two attached hydrogens (primary N) is 2. The van der Waals surface area contributed by atoms with Crippen molar-refractivity contribution in [1.82, 2.24) is 4.98 Å². The summed E-state index contributed by atoms with van der Waals surface area (Å²) in [6, 6.07) is 2.02. The Morgan fingerprint density at radius 2 is 2.27 bits per heavy atom. The molecule has 5 nitrogen and oxygen atoms in total. The molecule has 0 amide bonds. The fourth-order valence-electron chi connectivity index (χ4n) is 0.998. The predicted octanol–water partition coefficient (Wildman–Crippen LogP) is 0.831. The van der Waals surface area contributed by atoms with Crippen molar-refractivity contribution < 1.29 is 0 Å². The fourth-order valence-corrected chi connectivity index (χ4v) is 1.63. The van der Waals surface area contributed by atoms with E-state index in [0.29, 0.717) is 5.75 Å². The molecular weight excluding hydrogens is 210 g/mol. The van der Waals surface area contributed by atoms with Crippen molar-refractivity contribution in [2.75, 3.05) is 0 Å². The molecule has 0 fully saturated rings. The fraction of sp³-hybridized carbons (Fsp3) is 0.222. The standard InChI is InChI=1S/C9H13N5S/c1-6-2-7(4-13-3-6)5-15-9(12)14-8(10)11/h2-4H,5H2,1H3,(H5,10,11,12,14). The highest BCUT2D eigenvalue weighted by Gasteiger charge is 1.99. The minimum Gasteiger partial charge on any atom is -0.370 e. The number of nitrogens with zero attached hydrogens (tertiary/aromatic N) is 2. The quantitative estimate of drug-likeness (QED) is 0.510. The van der Waals surface area contributed by atoms with Crippen molar-refractivity contribution in [3.8, 4) is 0 Å². The van der Waals surface area contributed by atoms with Crippen LogP contribution < -0.4 is 11.5 Å². The van der Waals surface area contributed by atoms with Gasteiger partial charge in [0.05, 0.1) is 0 Å². The number of aliphatic imine (C=N–C) groups is 1. The molecule has 1 rings (SSSR count). The van der Waals surface area contributed by atoms with Crippen LogP contribution in [0.4, 0.5) is 0 Å². The normalized spacial score (nSPS) is 9.67. The van der Waals surface area contributed by atoms with Crippen molar-refractivity contribution in [1.29, 1.82) is 5.41 Å². The van der Waals surface area contributed by atoms with E-state index in [1.807, 2.05) is 13.0 Å². The zero-order valence-corrected chi connectivity index (χ0v) is 9.21. The van der Waals surface area contributed by atoms with Crippen molar-refractivity contribution in [3.05, 3.63) is 29.6 Å². The van der Waals surface area contributed by atoms with Crippen LogP contribution in [0, 0.1) is 12.3 Å². The summed E-state index contributed by atoms with van der Waals surface area (Å²) >= 11 is 1.26. The van der Waals surface area contributed by atoms with E-state index >= 15 is 0 Å². The maximum absolute atomic E-state index is 7.42. The summed E-state index contributed by atoms with van der Waals surface area (Å²) in [5.41, 5.74) is 12.4. The molecule has 0 aliphatic rings. The first kappa shape index (κ1) is 11.5. The lowest BCUT2D eigenvalue weighted by Crippen LogP contribution is -2.23. The average molecular weight is 223 g/mol. The predicted molar refractivity (Wildman–Crippen MR) is 63.8 cm³/mol. The third kappa shape index (κ3) is 4.46. The Bertz CT molecular complexity index is 384. The number of aromatic nitrogens is 1. The van der Waals surface area contributed by atoms with Gasteiger partial charge in [0.15, 0.2) is 11.1 Å². The lowest BCUT2D eigenvalue weighted by Gasteiger charge is -2.00. The lowest BCUT2D eigenvalue weighted by atomic mass is 10.2. The van der Waals surface area contributed by atoms with E-state index in [1.165, 1.54) is 11.8 Å². The molecule has 1 aromatic rings. The van der Waals surface area contributed by atoms with Gasteiger partial charge in [0.2, 0.25) is 0 Å². The highest BCUT2D eigenvalue weighted by molar-refractivity contribution is 8.13. The number of amidine groups is 1. The zero-order chi connectivity index (χ0) is 11.3. The number of guanidine groups is 1. The van der Waals surface area contributed by atoms with Gasteiger partial charge in [0, 0.05) is 18.1 Å². The van der Waals surface area contributed by atoms with Crippen LogP contribution in [-0.4, -0.2) is 16.1 Å². The van der Waals surface area contributed by atoms with Crippen LogP contribution in [0.15, 0.2) is 23.5 Å². The molecule has 0 unspecified atom stereocenters. The van der Waals surface area contributed by atoms with Crippen molar-refractivity contribution in [2.45, 2.75) is 12.7 Å². The van der Waals surface area contributed by atoms with Gasteiger partial charge >= 0.3 is 0 Å². The summed E-state index contributed by atoms with van der Waals surface area (Å²) < 4.78 is 0. The molecule has 0 aliphatic heterocycles. The highest BCUT2D eigenvalue weighted by Crippen LogP contribution is 2.13. The minimum absolute atomic E-state index is 0.0881. The van der Waals surface area contributed by atoms with Crippen molar-refractivity contribution in [3.63, 3.8) is 0 Å². The number of aryl methyl sites for hydroxylation is 1. The number of rotatable bonds is 2. The minimum atomic E-state index is -0.0881. The van der Waals surface area contributed by atoms with E-state index in [2.05, 4.69) is 9.98 Å². The smallest absolute Gasteiger partial charge is 0.193 e. The molecule has 0 spiro atoms. The Morgan fingerprint density at radius 1 is 1.53 bits per heavy atom. The highest BCUT2D eigenvalue weighted by atomic mass is 32.2. The van der Waals surface area contributed by atoms with Gasteiger partial charge < -0.3 is 11.5 Å². The Kier molecular flexibility index (Phi) is 4.11. The van der Waals surface area contributed by atoms with E-state index in [0.717, 1.165) is 11.1 Å². The second-order valence-corrected chi connectivity index (χ2v) is 3.97. The van der Waals surface area contributed by atoms with Gasteiger partial charge in [0.1, 0.15) is 0 Å². The first-order chi connectivity index (χ1) is 7.08. The zero-order valence-electron chi connectivity index (χ0n) is 8.40. The van der Waals surface area contributed by atoms with Gasteiger partial charge in [-0.05, 0) is 18.1 Å². The van der Waals surface area contributed by atoms with Crippen molar-refractivity contribution >= 4 is 22.9 Å². The van der Waals surface area contributed by atoms with Gasteiger partial charge in [-0.1, -0.05) is 17.8 Å². The Morgan fingerprint density at radius 3 is 2.87 bits per heavy atom. The second-order valence-electron chi connectivity index (χ2n) is 3.00. The largest absolute Gasteiger partial charge is 0.370 e. The monoisotopic (exact) mass is 223 g/mol. The number of pyridine rings is 1. The van der Waals surface area contributed by atoms with Gasteiger partial charge in [-0.3, -0.25) is 10.4 Å². The number of hydrogen-bond acceptors (Lipinski definition) is 3. The Labute approximate surface area is 92.5 Å². The molecule has 80 valence electrons. The summed E-state index contributed by atoms with van der Waals surface area (Å²) in [4.78, 5) is 7.67. The van der Waals surface area contributed by atoms with Crippen LogP contribution in [0.5, 0.6) is 0 Å². The molecule has 0 atom stereocenters. The van der Waals surface area contributed by atoms with Crippen molar-refractivity contribution in [2.24, 2.45) is 16.5 Å². The molecule has 5 N–H and O–H groups in total. The van der Waals surface area contributed by atoms with E-state index in [1.54, 1.807) is 12.4 Å². The summed E-state index contributed by atoms with van der Waals surface area (Å²) in [6.45, 7) is 1.97. The third-order valence-electron chi connectivity index (χ3n) is 1.54. The number of nitrogens with one attached hydrogen (secondary N) is 1. The first-order valence-electron chi connectivity index (χ1n) is 4.29. The molecule has 0 radical (unpaired) electrons. The average Bonchev–Trinajstić information content (AvgIpc) is 2.14. The summed E-state index contributed by atoms with van der Waals surface area (Å²) in [5.74, 6) is 0.555. The van der Waals surface area contributed by atoms with Gasteiger partial charge in [0.25, 0.3) is 0 Å². The van der Waals surface area contributed by atoms with E-state index in [-0.39, 0.29) is 11.1 Å². The van der Waals surface area contributed by atoms with Crippen LogP contribution in [0.1, 0.15) is 11.1 Å². The topological polar surface area (TPSA) is 101 Å². The summed E-state index contributed by atoms with van der Waals surface area (Å²) in [6.07, 6.45) is 3.55. The summed E-state index contributed by atoms with van der Waals surface area (Å²) in [5, 5.41) is 7.52. The Hall–Kier alpha value is -1.56. The lowest BCUT2D eigenvalue weighted by molar-refractivity contribution is 1.21. The number of thioether (sulfide) groups is 1. The molecule has 6 heteroatoms. The van der Waals surface area contributed by atoms with Gasteiger partial charge in [-0.15, -0.1) is 0 Å². The third-order valence-corrected chi connectivity index (χ3v) is 2.38. The molecule has 0 saturated heterocycles. The van der Waals surface area contributed by atoms with Crippen LogP contribution in [0.2, 0.25) is 0 Å². The van der Waals surface area contributed by atoms with Crippen LogP contribution in [-0.2, 0) is 5.75 Å². The molecule has 0 bridgehead atoms. The number of hydrogen-bond donors (Lipinski definition) is 3. The Balaban J connectivity index is 2.51. The maximum Gasteiger partial charge on any atom is 0.193 e. The maximum atomic E-state index is 7.42. The van der Waals surface area contributed by atoms with Crippen LogP contribution >= 0.6 is 11.8 Å². The van der Waals surface area contributed by atoms with Gasteiger partial charge in [-0.2, -0.15) is 4.99 Å². The second kappa shape index (κ2) is 5.35. The molecule has 0 saturated carbocycles. The van der Waals surface area contributed by atoms with Crippen LogP contribution in [0.3, 0.4) is 0 Å². The van der Waals surface area contributed by atoms with E-state index in [9.17, 15) is 0 Å². The van der Waals surface area contributed by atoms with Crippen LogP contribution in [0.25, 0.3) is 0 Å². The molecule has 1 heterocycles. The molecule has 0 aromatic carbocycles. The van der Waals surface area contributed by atoms with Gasteiger partial charge in [-0.25, -0.2) is 0 Å². The molecular formula is C9H13N5S. The molecule has 15 heavy (non-hydrogen) atoms. The summed E-state index contributed by atoms with van der Waals surface area (Å²) in [7, 11) is 0. The van der Waals surface area contributed by atoms with E-state index < -0.39 is 0 Å². The molecule has 0 aliphatic carbocycles. The molecule has 1 aromatic heterocycles. The SMILES string of the molecule is Cc1cncc(CSC(=N)N=C(N)N)c1. The first-order valence-corrected chi connectivity index (χ1v) is 5.28.